The molecule has 0 aliphatic rings. The number of hydrogen-bond acceptors (Lipinski definition) is 3. The number of hydrogen-bond donors (Lipinski definition) is 1. The summed E-state index contributed by atoms with van der Waals surface area (Å²) >= 11 is 0. The number of aryl methyl sites for hydroxylation is 2. The van der Waals surface area contributed by atoms with E-state index in [4.69, 9.17) is 4.74 Å². The van der Waals surface area contributed by atoms with Gasteiger partial charge in [-0.3, -0.25) is 0 Å². The molecule has 0 radical (unpaired) electrons. The summed E-state index contributed by atoms with van der Waals surface area (Å²) in [7, 11) is 0.155. The molecule has 0 aliphatic carbocycles. The van der Waals surface area contributed by atoms with Gasteiger partial charge in [-0.05, 0) is 75.9 Å². The monoisotopic (exact) mass is 428 g/mol. The van der Waals surface area contributed by atoms with E-state index in [0.29, 0.717) is 18.4 Å². The number of aromatic nitrogens is 1. The summed E-state index contributed by atoms with van der Waals surface area (Å²) in [5.74, 6) is 0.728. The Labute approximate surface area is 172 Å². The summed E-state index contributed by atoms with van der Waals surface area (Å²) in [6.45, 7) is 7.05. The molecule has 0 bridgehead atoms. The quantitative estimate of drug-likeness (QED) is 0.675. The molecule has 2 aromatic rings. The van der Waals surface area contributed by atoms with Gasteiger partial charge >= 0.3 is 6.18 Å². The summed E-state index contributed by atoms with van der Waals surface area (Å²) in [5.41, 5.74) is 0.822. The number of nitrogens with zero attached hydrogens (tertiary/aromatic N) is 1. The summed E-state index contributed by atoms with van der Waals surface area (Å²) in [6, 6.07) is 9.57. The van der Waals surface area contributed by atoms with E-state index in [1.54, 1.807) is 40.9 Å². The second-order valence-electron chi connectivity index (χ2n) is 7.85. The lowest BCUT2D eigenvalue weighted by molar-refractivity contribution is -0.141. The lowest BCUT2D eigenvalue weighted by Gasteiger charge is -2.22. The molecule has 160 valence electrons. The zero-order valence-electron chi connectivity index (χ0n) is 17.3. The van der Waals surface area contributed by atoms with E-state index in [9.17, 15) is 17.4 Å². The second-order valence-corrected chi connectivity index (χ2v) is 9.85. The van der Waals surface area contributed by atoms with Gasteiger partial charge in [-0.1, -0.05) is 12.1 Å². The third-order valence-corrected chi connectivity index (χ3v) is 6.02. The number of rotatable bonds is 7. The van der Waals surface area contributed by atoms with Crippen LogP contribution in [0.3, 0.4) is 0 Å². The van der Waals surface area contributed by atoms with Crippen molar-refractivity contribution in [3.63, 3.8) is 0 Å². The predicted molar refractivity (Wildman–Crippen MR) is 109 cm³/mol. The minimum Gasteiger partial charge on any atom is -0.497 e. The van der Waals surface area contributed by atoms with E-state index in [1.807, 2.05) is 24.3 Å². The van der Waals surface area contributed by atoms with Crippen molar-refractivity contribution >= 4 is 11.0 Å². The zero-order chi connectivity index (χ0) is 21.8. The number of ether oxygens (including phenoxy) is 1. The molecular formula is C21H27F3N2O2S. The first-order valence-electron chi connectivity index (χ1n) is 9.29. The smallest absolute Gasteiger partial charge is 0.433 e. The SMILES string of the molecule is COc1ccc(CCc2cc([C@@H](C)N[S@](=O)C(C)(C)C)nc(C(F)(F)F)c2)cc1. The van der Waals surface area contributed by atoms with Gasteiger partial charge in [-0.25, -0.2) is 13.9 Å². The molecule has 0 saturated heterocycles. The van der Waals surface area contributed by atoms with E-state index in [-0.39, 0.29) is 5.69 Å². The van der Waals surface area contributed by atoms with Gasteiger partial charge in [-0.15, -0.1) is 0 Å². The maximum Gasteiger partial charge on any atom is 0.433 e. The molecule has 1 aromatic heterocycles. The highest BCUT2D eigenvalue weighted by Gasteiger charge is 2.34. The Morgan fingerprint density at radius 3 is 2.17 bits per heavy atom. The molecule has 0 aliphatic heterocycles. The van der Waals surface area contributed by atoms with Crippen LogP contribution in [-0.4, -0.2) is 21.0 Å². The highest BCUT2D eigenvalue weighted by molar-refractivity contribution is 7.84. The van der Waals surface area contributed by atoms with Crippen LogP contribution in [0.2, 0.25) is 0 Å². The molecule has 0 unspecified atom stereocenters. The van der Waals surface area contributed by atoms with Crippen molar-refractivity contribution in [2.45, 2.75) is 57.5 Å². The van der Waals surface area contributed by atoms with Crippen LogP contribution >= 0.6 is 0 Å². The first kappa shape index (κ1) is 23.3. The summed E-state index contributed by atoms with van der Waals surface area (Å²) in [5, 5.41) is 0. The third kappa shape index (κ3) is 6.82. The fourth-order valence-electron chi connectivity index (χ4n) is 2.60. The normalized spacial score (nSPS) is 14.5. The standard InChI is InChI=1S/C21H27F3N2O2S/c1-14(26-29(27)20(2,3)4)18-12-16(13-19(25-18)21(22,23)24)7-6-15-8-10-17(28-5)11-9-15/h8-14,26H,6-7H2,1-5H3/t14-,29-/m1/s1. The number of methoxy groups -OCH3 is 1. The first-order chi connectivity index (χ1) is 13.4. The van der Waals surface area contributed by atoms with Crippen LogP contribution in [0.4, 0.5) is 13.2 Å². The molecule has 29 heavy (non-hydrogen) atoms. The van der Waals surface area contributed by atoms with E-state index in [1.165, 1.54) is 0 Å². The molecule has 4 nitrogen and oxygen atoms in total. The van der Waals surface area contributed by atoms with Gasteiger partial charge in [-0.2, -0.15) is 13.2 Å². The van der Waals surface area contributed by atoms with Crippen molar-refractivity contribution < 1.29 is 22.1 Å². The van der Waals surface area contributed by atoms with Crippen LogP contribution in [0.1, 0.15) is 56.3 Å². The summed E-state index contributed by atoms with van der Waals surface area (Å²) in [4.78, 5) is 3.78. The third-order valence-electron chi connectivity index (χ3n) is 4.34. The number of alkyl halides is 3. The number of pyridine rings is 1. The van der Waals surface area contributed by atoms with Crippen molar-refractivity contribution in [3.8, 4) is 5.75 Å². The fraction of sp³-hybridized carbons (Fsp3) is 0.476. The molecule has 2 atom stereocenters. The fourth-order valence-corrected chi connectivity index (χ4v) is 3.40. The van der Waals surface area contributed by atoms with Crippen molar-refractivity contribution in [3.05, 3.63) is 58.9 Å². The Morgan fingerprint density at radius 1 is 1.07 bits per heavy atom. The number of benzene rings is 1. The zero-order valence-corrected chi connectivity index (χ0v) is 18.1. The molecule has 0 saturated carbocycles. The molecule has 1 heterocycles. The molecule has 0 fully saturated rings. The molecule has 1 N–H and O–H groups in total. The number of nitrogens with one attached hydrogen (secondary N) is 1. The maximum atomic E-state index is 13.4. The van der Waals surface area contributed by atoms with Crippen LogP contribution in [0.25, 0.3) is 0 Å². The average Bonchev–Trinajstić information content (AvgIpc) is 2.65. The number of halogens is 3. The van der Waals surface area contributed by atoms with E-state index in [0.717, 1.165) is 17.4 Å². The van der Waals surface area contributed by atoms with E-state index < -0.39 is 33.6 Å². The van der Waals surface area contributed by atoms with Gasteiger partial charge in [0.1, 0.15) is 11.4 Å². The van der Waals surface area contributed by atoms with E-state index in [2.05, 4.69) is 9.71 Å². The van der Waals surface area contributed by atoms with E-state index >= 15 is 0 Å². The van der Waals surface area contributed by atoms with Crippen LogP contribution in [-0.2, 0) is 30.0 Å². The molecule has 0 spiro atoms. The average molecular weight is 429 g/mol. The van der Waals surface area contributed by atoms with Gasteiger partial charge in [0.25, 0.3) is 0 Å². The Balaban J connectivity index is 2.24. The summed E-state index contributed by atoms with van der Waals surface area (Å²) in [6.07, 6.45) is -3.53. The van der Waals surface area contributed by atoms with Gasteiger partial charge in [0, 0.05) is 0 Å². The molecule has 0 amide bonds. The first-order valence-corrected chi connectivity index (χ1v) is 10.4. The van der Waals surface area contributed by atoms with Crippen LogP contribution in [0.15, 0.2) is 36.4 Å². The van der Waals surface area contributed by atoms with Crippen molar-refractivity contribution in [1.82, 2.24) is 9.71 Å². The highest BCUT2D eigenvalue weighted by atomic mass is 32.2. The molecule has 2 rings (SSSR count). The van der Waals surface area contributed by atoms with Crippen LogP contribution < -0.4 is 9.46 Å². The Hall–Kier alpha value is -1.93. The van der Waals surface area contributed by atoms with Crippen LogP contribution in [0, 0.1) is 0 Å². The van der Waals surface area contributed by atoms with Crippen molar-refractivity contribution in [2.24, 2.45) is 0 Å². The Bertz CT molecular complexity index is 846. The Morgan fingerprint density at radius 2 is 1.66 bits per heavy atom. The van der Waals surface area contributed by atoms with Gasteiger partial charge < -0.3 is 4.74 Å². The van der Waals surface area contributed by atoms with Gasteiger partial charge in [0.05, 0.1) is 34.6 Å². The lowest BCUT2D eigenvalue weighted by Crippen LogP contribution is -2.35. The molecule has 1 aromatic carbocycles. The highest BCUT2D eigenvalue weighted by Crippen LogP contribution is 2.30. The maximum absolute atomic E-state index is 13.4. The Kier molecular flexibility index (Phi) is 7.45. The lowest BCUT2D eigenvalue weighted by atomic mass is 10.0. The van der Waals surface area contributed by atoms with Gasteiger partial charge in [0.15, 0.2) is 0 Å². The predicted octanol–water partition coefficient (Wildman–Crippen LogP) is 5.01. The largest absolute Gasteiger partial charge is 0.497 e. The minimum atomic E-state index is -4.55. The van der Waals surface area contributed by atoms with Gasteiger partial charge in [0.2, 0.25) is 0 Å². The van der Waals surface area contributed by atoms with Crippen LogP contribution in [0.5, 0.6) is 5.75 Å². The second kappa shape index (κ2) is 9.26. The molecular weight excluding hydrogens is 401 g/mol. The van der Waals surface area contributed by atoms with Crippen molar-refractivity contribution in [2.75, 3.05) is 7.11 Å². The van der Waals surface area contributed by atoms with Crippen molar-refractivity contribution in [1.29, 1.82) is 0 Å². The minimum absolute atomic E-state index is 0.224. The summed E-state index contributed by atoms with van der Waals surface area (Å²) < 4.78 is 59.8. The topological polar surface area (TPSA) is 51.2 Å². The molecule has 8 heteroatoms.